The molecule has 0 unspecified atom stereocenters. The lowest BCUT2D eigenvalue weighted by molar-refractivity contribution is -0.139. The molecule has 0 aliphatic carbocycles. The molecule has 0 atom stereocenters. The number of hydrogen-bond donors (Lipinski definition) is 6. The molecular weight excluding hydrogens is 1580 g/mol. The minimum absolute atomic E-state index is 0.0116. The zero-order valence-electron chi connectivity index (χ0n) is 66.6. The highest BCUT2D eigenvalue weighted by Gasteiger charge is 2.37. The third-order valence-corrected chi connectivity index (χ3v) is 20.9. The zero-order valence-corrected chi connectivity index (χ0v) is 66.6. The van der Waals surface area contributed by atoms with Crippen molar-refractivity contribution in [2.24, 2.45) is 0 Å². The first-order valence-electron chi connectivity index (χ1n) is 38.6. The second-order valence-corrected chi connectivity index (χ2v) is 29.7. The minimum Gasteiger partial charge on any atom is -0.383 e. The Kier molecular flexibility index (Phi) is 26.8. The highest BCUT2D eigenvalue weighted by Crippen LogP contribution is 2.39. The second kappa shape index (κ2) is 37.9. The van der Waals surface area contributed by atoms with Crippen LogP contribution in [-0.2, 0) is 38.2 Å². The van der Waals surface area contributed by atoms with E-state index in [2.05, 4.69) is 96.1 Å². The van der Waals surface area contributed by atoms with Gasteiger partial charge in [0.05, 0.1) is 55.8 Å². The number of carbonyl (C=O) groups is 3. The molecule has 21 nitrogen and oxygen atoms in total. The number of benzene rings is 6. The molecule has 624 valence electrons. The quantitative estimate of drug-likeness (QED) is 0.0490. The molecule has 6 aromatic heterocycles. The Balaban J connectivity index is 0.000000158. The Labute approximate surface area is 696 Å². The normalized spacial score (nSPS) is 14.5. The highest BCUT2D eigenvalue weighted by atomic mass is 19.4. The number of anilines is 6. The number of halogens is 10. The molecule has 3 aliphatic heterocycles. The maximum atomic E-state index is 14.0. The molecule has 12 aromatic rings. The van der Waals surface area contributed by atoms with Crippen LogP contribution in [0.5, 0.6) is 0 Å². The molecule has 0 bridgehead atoms. The highest BCUT2D eigenvalue weighted by molar-refractivity contribution is 6.06. The van der Waals surface area contributed by atoms with E-state index in [9.17, 15) is 58.3 Å². The molecule has 15 rings (SSSR count). The van der Waals surface area contributed by atoms with Crippen LogP contribution in [0.1, 0.15) is 104 Å². The average molecular weight is 1670 g/mol. The fourth-order valence-corrected chi connectivity index (χ4v) is 13.9. The lowest BCUT2D eigenvalue weighted by Crippen LogP contribution is -2.44. The van der Waals surface area contributed by atoms with Crippen molar-refractivity contribution in [3.63, 3.8) is 0 Å². The van der Waals surface area contributed by atoms with Gasteiger partial charge in [-0.15, -0.1) is 0 Å². The lowest BCUT2D eigenvalue weighted by atomic mass is 10.0. The number of carbonyl (C=O) groups excluding carboxylic acids is 3. The van der Waals surface area contributed by atoms with Crippen molar-refractivity contribution in [2.45, 2.75) is 45.1 Å². The lowest BCUT2D eigenvalue weighted by Gasteiger charge is -2.33. The van der Waals surface area contributed by atoms with Gasteiger partial charge in [0.2, 0.25) is 0 Å². The van der Waals surface area contributed by atoms with Crippen molar-refractivity contribution in [3.05, 3.63) is 284 Å². The van der Waals surface area contributed by atoms with Gasteiger partial charge in [0.1, 0.15) is 23.3 Å². The number of hydrogen-bond acceptors (Lipinski definition) is 18. The van der Waals surface area contributed by atoms with Gasteiger partial charge in [-0.05, 0) is 118 Å². The molecule has 0 saturated carbocycles. The molecule has 31 heteroatoms. The van der Waals surface area contributed by atoms with Crippen molar-refractivity contribution in [1.82, 2.24) is 59.3 Å². The van der Waals surface area contributed by atoms with Crippen LogP contribution in [0, 0.1) is 48.3 Å². The van der Waals surface area contributed by atoms with Gasteiger partial charge in [-0.1, -0.05) is 102 Å². The van der Waals surface area contributed by atoms with Crippen LogP contribution in [0.2, 0.25) is 0 Å². The third kappa shape index (κ3) is 22.1. The zero-order chi connectivity index (χ0) is 86.6. The van der Waals surface area contributed by atoms with Gasteiger partial charge in [0.25, 0.3) is 17.7 Å². The van der Waals surface area contributed by atoms with E-state index in [0.717, 1.165) is 79.0 Å². The summed E-state index contributed by atoms with van der Waals surface area (Å²) in [5.41, 5.74) is 20.2. The number of alkyl halides is 9. The summed E-state index contributed by atoms with van der Waals surface area (Å²) < 4.78 is 139. The van der Waals surface area contributed by atoms with Crippen LogP contribution in [0.3, 0.4) is 0 Å². The summed E-state index contributed by atoms with van der Waals surface area (Å²) in [5.74, 6) is 16.2. The summed E-state index contributed by atoms with van der Waals surface area (Å²) in [6.07, 6.45) is -1.92. The number of nitrogens with one attached hydrogen (secondary N) is 3. The molecule has 122 heavy (non-hydrogen) atoms. The van der Waals surface area contributed by atoms with E-state index in [4.69, 9.17) is 17.2 Å². The van der Waals surface area contributed by atoms with E-state index < -0.39 is 58.8 Å². The first-order chi connectivity index (χ1) is 58.3. The Morgan fingerprint density at radius 3 is 1.10 bits per heavy atom. The number of aryl methyl sites for hydroxylation is 1. The monoisotopic (exact) mass is 1660 g/mol. The number of nitrogen functional groups attached to an aromatic ring is 3. The van der Waals surface area contributed by atoms with Gasteiger partial charge >= 0.3 is 18.5 Å². The number of nitrogens with two attached hydrogens (primary N) is 3. The van der Waals surface area contributed by atoms with Crippen LogP contribution < -0.4 is 33.2 Å². The van der Waals surface area contributed by atoms with Crippen molar-refractivity contribution < 1.29 is 58.3 Å². The Morgan fingerprint density at radius 1 is 0.377 bits per heavy atom. The Morgan fingerprint density at radius 2 is 0.721 bits per heavy atom. The van der Waals surface area contributed by atoms with E-state index in [1.807, 2.05) is 84.4 Å². The van der Waals surface area contributed by atoms with Crippen molar-refractivity contribution in [2.75, 3.05) is 133 Å². The number of amides is 3. The maximum Gasteiger partial charge on any atom is 0.416 e. The summed E-state index contributed by atoms with van der Waals surface area (Å²) in [7, 11) is 5.97. The van der Waals surface area contributed by atoms with Gasteiger partial charge in [0.15, 0.2) is 0 Å². The fourth-order valence-electron chi connectivity index (χ4n) is 13.9. The molecule has 9 N–H and O–H groups in total. The first-order valence-corrected chi connectivity index (χ1v) is 38.6. The molecule has 3 saturated heterocycles. The summed E-state index contributed by atoms with van der Waals surface area (Å²) in [6.45, 7) is 11.3. The van der Waals surface area contributed by atoms with Crippen molar-refractivity contribution in [1.29, 1.82) is 0 Å². The molecule has 0 spiro atoms. The van der Waals surface area contributed by atoms with E-state index >= 15 is 0 Å². The van der Waals surface area contributed by atoms with E-state index in [0.29, 0.717) is 89.1 Å². The van der Waals surface area contributed by atoms with E-state index in [1.165, 1.54) is 97.8 Å². The maximum absolute atomic E-state index is 14.0. The van der Waals surface area contributed by atoms with Gasteiger partial charge < -0.3 is 47.9 Å². The van der Waals surface area contributed by atoms with Crippen molar-refractivity contribution in [3.8, 4) is 35.5 Å². The predicted molar refractivity (Wildman–Crippen MR) is 450 cm³/mol. The number of pyridine rings is 6. The fraction of sp³-hybridized carbons (Fsp3) is 0.242. The number of fused-ring (bicyclic) bond motifs is 3. The van der Waals surface area contributed by atoms with Crippen molar-refractivity contribution >= 4 is 84.6 Å². The van der Waals surface area contributed by atoms with Crippen LogP contribution >= 0.6 is 0 Å². The number of likely N-dealkylation sites (N-methyl/N-ethyl adjacent to an activating group) is 3. The molecule has 3 fully saturated rings. The second-order valence-electron chi connectivity index (χ2n) is 29.7. The molecule has 3 amide bonds. The van der Waals surface area contributed by atoms with Crippen LogP contribution in [-0.4, -0.2) is 177 Å². The molecule has 3 aliphatic rings. The largest absolute Gasteiger partial charge is 0.416 e. The van der Waals surface area contributed by atoms with Gasteiger partial charge in [-0.3, -0.25) is 44.0 Å². The van der Waals surface area contributed by atoms with Gasteiger partial charge in [-0.2, -0.15) is 39.5 Å². The molecule has 6 aromatic carbocycles. The van der Waals surface area contributed by atoms with Crippen LogP contribution in [0.15, 0.2) is 189 Å². The SMILES string of the molecule is CN1CCN(Cc2ccc(NC(=O)c3cncc(C#Cc4c(N)ncc5ccc(F)cc45)c3)cc2C(F)(F)F)CC1.CN1CCN(Cc2ccc(NC(=O)c3cncc(C#Cc4c(N)ncc5ccccc45)c3)cc2C(F)(F)F)CC1.Cc1ncc(C(=O)Nc2ccc(CN3CCN(C)CC3)c(C(F)(F)F)c2)cc1C#Cc1c(N)ncc2ccccc12. The molecule has 9 heterocycles. The standard InChI is InChI=1S/C31H29F3N6O.C30H26F4N6O.C30H27F3N6O/c1-20-21(8-10-27-26-6-4-3-5-22(26)17-37-29(27)35)15-24(18-36-20)30(41)38-25-9-7-23(28(16-25)31(32,33)34)19-40-13-11-39(2)12-14-40;1-39-8-10-40(11-9-39)18-21-4-6-24(14-27(21)30(32,33)34)38-29(41)22-12-19(15-36-16-22)2-7-25-26-13-23(31)5-3-20(26)17-37-28(25)35;1-38-10-12-39(13-11-38)19-22-7-8-24(15-27(22)30(31,32)33)37-29(40)23-14-20(16-35-17-23)6-9-26-25-5-3-2-4-21(25)18-36-28(26)34/h3-7,9,15-18H,11-14,19H2,1-2H3,(H2,35,37)(H,38,41);3-6,12-17H,8-11,18H2,1H3,(H2,35,37)(H,38,41);2-5,7-8,14-18H,10-13,19H2,1H3,(H2,34,36)(H,37,40). The predicted octanol–water partition coefficient (Wildman–Crippen LogP) is 14.3. The summed E-state index contributed by atoms with van der Waals surface area (Å²) >= 11 is 0. The first kappa shape index (κ1) is 86.4. The smallest absolute Gasteiger partial charge is 0.383 e. The summed E-state index contributed by atoms with van der Waals surface area (Å²) in [6, 6.07) is 35.5. The summed E-state index contributed by atoms with van der Waals surface area (Å²) in [4.78, 5) is 76.2. The number of nitrogens with zero attached hydrogens (tertiary/aromatic N) is 12. The number of aromatic nitrogens is 6. The Hall–Kier alpha value is -13.5. The third-order valence-electron chi connectivity index (χ3n) is 20.9. The van der Waals surface area contributed by atoms with E-state index in [1.54, 1.807) is 31.5 Å². The van der Waals surface area contributed by atoms with Crippen LogP contribution in [0.4, 0.5) is 78.4 Å². The van der Waals surface area contributed by atoms with Gasteiger partial charge in [-0.25, -0.2) is 19.3 Å². The van der Waals surface area contributed by atoms with E-state index in [-0.39, 0.29) is 87.5 Å². The van der Waals surface area contributed by atoms with Gasteiger partial charge in [0, 0.05) is 214 Å². The Bertz CT molecular complexity index is 6120. The average Bonchev–Trinajstić information content (AvgIpc) is 0.824. The molecular formula is C91H82F10N18O3. The topological polar surface area (TPSA) is 262 Å². The summed E-state index contributed by atoms with van der Waals surface area (Å²) in [5, 5.41) is 12.3. The number of rotatable bonds is 12. The number of piperazine rings is 3. The molecule has 0 radical (unpaired) electrons. The van der Waals surface area contributed by atoms with Crippen LogP contribution in [0.25, 0.3) is 32.3 Å². The minimum atomic E-state index is -4.58.